The van der Waals surface area contributed by atoms with Crippen LogP contribution in [-0.4, -0.2) is 31.7 Å². The number of hydrogen-bond donors (Lipinski definition) is 2. The van der Waals surface area contributed by atoms with Crippen molar-refractivity contribution >= 4 is 29.0 Å². The molecule has 0 unspecified atom stereocenters. The van der Waals surface area contributed by atoms with Gasteiger partial charge in [-0.15, -0.1) is 0 Å². The number of carbonyl (C=O) groups excluding carboxylic acids is 1. The third-order valence-corrected chi connectivity index (χ3v) is 3.73. The number of carbonyl (C=O) groups is 1. The number of nitrogens with zero attached hydrogens (tertiary/aromatic N) is 1. The van der Waals surface area contributed by atoms with E-state index < -0.39 is 0 Å². The lowest BCUT2D eigenvalue weighted by atomic mass is 10.2. The molecule has 0 aliphatic carbocycles. The highest BCUT2D eigenvalue weighted by molar-refractivity contribution is 6.32. The number of anilines is 2. The minimum absolute atomic E-state index is 0.140. The molecule has 134 valence electrons. The second-order valence-corrected chi connectivity index (χ2v) is 6.26. The van der Waals surface area contributed by atoms with Gasteiger partial charge in [0.05, 0.1) is 30.5 Å². The Morgan fingerprint density at radius 1 is 1.20 bits per heavy atom. The first-order valence-electron chi connectivity index (χ1n) is 7.87. The van der Waals surface area contributed by atoms with E-state index in [1.807, 2.05) is 13.8 Å². The van der Waals surface area contributed by atoms with Crippen molar-refractivity contribution < 1.29 is 14.3 Å². The third kappa shape index (κ3) is 5.00. The third-order valence-electron chi connectivity index (χ3n) is 3.43. The topological polar surface area (TPSA) is 72.5 Å². The first-order chi connectivity index (χ1) is 11.9. The Labute approximate surface area is 152 Å². The van der Waals surface area contributed by atoms with E-state index in [9.17, 15) is 4.79 Å². The molecule has 2 N–H and O–H groups in total. The van der Waals surface area contributed by atoms with Crippen LogP contribution in [0.3, 0.4) is 0 Å². The number of halogens is 1. The molecule has 0 radical (unpaired) electrons. The number of methoxy groups -OCH3 is 2. The Kier molecular flexibility index (Phi) is 6.47. The highest BCUT2D eigenvalue weighted by Gasteiger charge is 2.11. The van der Waals surface area contributed by atoms with Crippen molar-refractivity contribution in [2.75, 3.05) is 26.1 Å². The van der Waals surface area contributed by atoms with E-state index in [1.54, 1.807) is 38.5 Å². The monoisotopic (exact) mass is 363 g/mol. The summed E-state index contributed by atoms with van der Waals surface area (Å²) in [5.41, 5.74) is 1.17. The van der Waals surface area contributed by atoms with Crippen molar-refractivity contribution in [2.45, 2.75) is 13.8 Å². The van der Waals surface area contributed by atoms with Crippen LogP contribution in [0.25, 0.3) is 0 Å². The fraction of sp³-hybridized carbons (Fsp3) is 0.333. The maximum Gasteiger partial charge on any atom is 0.252 e. The van der Waals surface area contributed by atoms with Gasteiger partial charge in [-0.1, -0.05) is 25.4 Å². The van der Waals surface area contributed by atoms with Gasteiger partial charge in [-0.25, -0.2) is 4.98 Å². The minimum atomic E-state index is -0.140. The summed E-state index contributed by atoms with van der Waals surface area (Å²) in [4.78, 5) is 16.3. The number of nitrogens with one attached hydrogen (secondary N) is 2. The number of amides is 1. The van der Waals surface area contributed by atoms with Crippen LogP contribution in [0.4, 0.5) is 11.5 Å². The fourth-order valence-corrected chi connectivity index (χ4v) is 2.33. The standard InChI is InChI=1S/C18H22ClN3O3/c1-11(2)9-21-18(23)12-5-6-17(20-10-12)22-14-8-15(24-3)13(19)7-16(14)25-4/h5-8,10-11H,9H2,1-4H3,(H,20,22)(H,21,23). The summed E-state index contributed by atoms with van der Waals surface area (Å²) in [5, 5.41) is 6.45. The Bertz CT molecular complexity index is 733. The summed E-state index contributed by atoms with van der Waals surface area (Å²) >= 11 is 6.10. The van der Waals surface area contributed by atoms with Gasteiger partial charge in [0.15, 0.2) is 0 Å². The minimum Gasteiger partial charge on any atom is -0.495 e. The Morgan fingerprint density at radius 2 is 1.92 bits per heavy atom. The maximum absolute atomic E-state index is 12.0. The summed E-state index contributed by atoms with van der Waals surface area (Å²) in [6.07, 6.45) is 1.53. The quantitative estimate of drug-likeness (QED) is 0.781. The van der Waals surface area contributed by atoms with E-state index in [-0.39, 0.29) is 5.91 Å². The molecule has 1 amide bonds. The normalized spacial score (nSPS) is 10.5. The van der Waals surface area contributed by atoms with E-state index >= 15 is 0 Å². The molecule has 0 atom stereocenters. The molecule has 2 aromatic rings. The Hall–Kier alpha value is -2.47. The molecule has 1 aromatic carbocycles. The van der Waals surface area contributed by atoms with Crippen LogP contribution in [0, 0.1) is 5.92 Å². The van der Waals surface area contributed by atoms with Crippen LogP contribution in [0.2, 0.25) is 5.02 Å². The maximum atomic E-state index is 12.0. The van der Waals surface area contributed by atoms with Gasteiger partial charge in [0.2, 0.25) is 0 Å². The van der Waals surface area contributed by atoms with Crippen LogP contribution in [0.15, 0.2) is 30.5 Å². The second-order valence-electron chi connectivity index (χ2n) is 5.85. The van der Waals surface area contributed by atoms with E-state index in [0.717, 1.165) is 0 Å². The van der Waals surface area contributed by atoms with Gasteiger partial charge in [0, 0.05) is 24.9 Å². The molecular formula is C18H22ClN3O3. The van der Waals surface area contributed by atoms with E-state index in [4.69, 9.17) is 21.1 Å². The second kappa shape index (κ2) is 8.58. The van der Waals surface area contributed by atoms with Crippen molar-refractivity contribution in [3.8, 4) is 11.5 Å². The molecule has 0 fully saturated rings. The van der Waals surface area contributed by atoms with Crippen molar-refractivity contribution in [3.05, 3.63) is 41.0 Å². The number of ether oxygens (including phenoxy) is 2. The summed E-state index contributed by atoms with van der Waals surface area (Å²) in [7, 11) is 3.10. The molecule has 7 heteroatoms. The lowest BCUT2D eigenvalue weighted by Crippen LogP contribution is -2.27. The van der Waals surface area contributed by atoms with E-state index in [2.05, 4.69) is 15.6 Å². The number of benzene rings is 1. The Balaban J connectivity index is 2.15. The molecule has 0 bridgehead atoms. The summed E-state index contributed by atoms with van der Waals surface area (Å²) in [6.45, 7) is 4.71. The molecule has 0 saturated heterocycles. The highest BCUT2D eigenvalue weighted by Crippen LogP contribution is 2.37. The summed E-state index contributed by atoms with van der Waals surface area (Å²) in [5.74, 6) is 1.91. The van der Waals surface area contributed by atoms with Crippen LogP contribution in [0.5, 0.6) is 11.5 Å². The number of aromatic nitrogens is 1. The van der Waals surface area contributed by atoms with Crippen molar-refractivity contribution in [1.82, 2.24) is 10.3 Å². The zero-order valence-corrected chi connectivity index (χ0v) is 15.5. The van der Waals surface area contributed by atoms with Gasteiger partial charge in [-0.2, -0.15) is 0 Å². The van der Waals surface area contributed by atoms with Gasteiger partial charge in [-0.05, 0) is 18.1 Å². The summed E-state index contributed by atoms with van der Waals surface area (Å²) < 4.78 is 10.5. The van der Waals surface area contributed by atoms with Crippen molar-refractivity contribution in [2.24, 2.45) is 5.92 Å². The van der Waals surface area contributed by atoms with Gasteiger partial charge in [-0.3, -0.25) is 4.79 Å². The van der Waals surface area contributed by atoms with Gasteiger partial charge >= 0.3 is 0 Å². The molecule has 2 rings (SSSR count). The largest absolute Gasteiger partial charge is 0.495 e. The molecular weight excluding hydrogens is 342 g/mol. The Morgan fingerprint density at radius 3 is 2.48 bits per heavy atom. The first kappa shape index (κ1) is 18.9. The smallest absolute Gasteiger partial charge is 0.252 e. The number of hydrogen-bond acceptors (Lipinski definition) is 5. The SMILES string of the molecule is COc1cc(Nc2ccc(C(=O)NCC(C)C)cn2)c(OC)cc1Cl. The predicted molar refractivity (Wildman–Crippen MR) is 99.2 cm³/mol. The van der Waals surface area contributed by atoms with Gasteiger partial charge in [0.25, 0.3) is 5.91 Å². The van der Waals surface area contributed by atoms with Crippen LogP contribution >= 0.6 is 11.6 Å². The van der Waals surface area contributed by atoms with Crippen LogP contribution in [0.1, 0.15) is 24.2 Å². The molecule has 0 aliphatic rings. The zero-order valence-electron chi connectivity index (χ0n) is 14.7. The lowest BCUT2D eigenvalue weighted by molar-refractivity contribution is 0.0948. The molecule has 25 heavy (non-hydrogen) atoms. The molecule has 1 heterocycles. The highest BCUT2D eigenvalue weighted by atomic mass is 35.5. The molecule has 0 saturated carbocycles. The summed E-state index contributed by atoms with van der Waals surface area (Å²) in [6, 6.07) is 6.83. The van der Waals surface area contributed by atoms with E-state index in [1.165, 1.54) is 6.20 Å². The van der Waals surface area contributed by atoms with E-state index in [0.29, 0.717) is 46.1 Å². The number of pyridine rings is 1. The lowest BCUT2D eigenvalue weighted by Gasteiger charge is -2.13. The average Bonchev–Trinajstić information content (AvgIpc) is 2.61. The number of rotatable bonds is 7. The van der Waals surface area contributed by atoms with Crippen LogP contribution < -0.4 is 20.1 Å². The fourth-order valence-electron chi connectivity index (χ4n) is 2.10. The molecule has 0 aliphatic heterocycles. The predicted octanol–water partition coefficient (Wildman–Crippen LogP) is 3.88. The van der Waals surface area contributed by atoms with Crippen molar-refractivity contribution in [1.29, 1.82) is 0 Å². The van der Waals surface area contributed by atoms with Gasteiger partial charge in [0.1, 0.15) is 17.3 Å². The first-order valence-corrected chi connectivity index (χ1v) is 8.25. The van der Waals surface area contributed by atoms with Crippen LogP contribution in [-0.2, 0) is 0 Å². The molecule has 0 spiro atoms. The molecule has 6 nitrogen and oxygen atoms in total. The zero-order chi connectivity index (χ0) is 18.4. The van der Waals surface area contributed by atoms with Crippen molar-refractivity contribution in [3.63, 3.8) is 0 Å². The average molecular weight is 364 g/mol. The van der Waals surface area contributed by atoms with Gasteiger partial charge < -0.3 is 20.1 Å². The molecule has 1 aromatic heterocycles.